The number of aryl methyl sites for hydroxylation is 1. The number of anilines is 1. The van der Waals surface area contributed by atoms with E-state index in [2.05, 4.69) is 35.5 Å². The van der Waals surface area contributed by atoms with Crippen LogP contribution in [-0.4, -0.2) is 31.7 Å². The number of nitrogens with one attached hydrogen (secondary N) is 2. The molecule has 0 spiro atoms. The first-order chi connectivity index (χ1) is 10.6. The quantitative estimate of drug-likeness (QED) is 0.731. The van der Waals surface area contributed by atoms with Gasteiger partial charge in [0.15, 0.2) is 0 Å². The number of benzene rings is 1. The smallest absolute Gasteiger partial charge is 0.119 e. The molecule has 0 saturated carbocycles. The van der Waals surface area contributed by atoms with Crippen molar-refractivity contribution in [1.29, 1.82) is 0 Å². The van der Waals surface area contributed by atoms with E-state index in [9.17, 15) is 0 Å². The molecule has 0 bridgehead atoms. The van der Waals surface area contributed by atoms with Gasteiger partial charge in [0.2, 0.25) is 0 Å². The second kappa shape index (κ2) is 7.99. The fourth-order valence-corrected chi connectivity index (χ4v) is 2.44. The van der Waals surface area contributed by atoms with Gasteiger partial charge in [0.05, 0.1) is 12.6 Å². The molecule has 0 unspecified atom stereocenters. The van der Waals surface area contributed by atoms with Crippen LogP contribution in [0.4, 0.5) is 5.69 Å². The van der Waals surface area contributed by atoms with Crippen LogP contribution >= 0.6 is 0 Å². The largest absolute Gasteiger partial charge is 0.497 e. The summed E-state index contributed by atoms with van der Waals surface area (Å²) in [5, 5.41) is 8.11. The number of aromatic nitrogens is 1. The zero-order valence-corrected chi connectivity index (χ0v) is 14.1. The maximum absolute atomic E-state index is 5.32. The maximum atomic E-state index is 5.32. The van der Waals surface area contributed by atoms with Gasteiger partial charge in [-0.3, -0.25) is 4.98 Å². The highest BCUT2D eigenvalue weighted by atomic mass is 16.5. The number of nitrogens with zero attached hydrogens (tertiary/aromatic N) is 1. The molecule has 0 aliphatic heterocycles. The first kappa shape index (κ1) is 16.6. The molecule has 120 valence electrons. The molecule has 0 amide bonds. The van der Waals surface area contributed by atoms with E-state index in [4.69, 9.17) is 4.74 Å². The van der Waals surface area contributed by atoms with Crippen molar-refractivity contribution in [2.75, 3.05) is 32.1 Å². The number of fused-ring (bicyclic) bond motifs is 1. The zero-order chi connectivity index (χ0) is 15.9. The van der Waals surface area contributed by atoms with E-state index in [1.807, 2.05) is 25.1 Å². The lowest BCUT2D eigenvalue weighted by molar-refractivity contribution is 0.415. The van der Waals surface area contributed by atoms with Crippen LogP contribution in [0, 0.1) is 12.8 Å². The van der Waals surface area contributed by atoms with Gasteiger partial charge in [-0.05, 0) is 56.6 Å². The van der Waals surface area contributed by atoms with Crippen molar-refractivity contribution < 1.29 is 4.74 Å². The number of hydrogen-bond acceptors (Lipinski definition) is 4. The molecule has 4 heteroatoms. The van der Waals surface area contributed by atoms with Crippen LogP contribution in [-0.2, 0) is 0 Å². The second-order valence-corrected chi connectivity index (χ2v) is 6.07. The van der Waals surface area contributed by atoms with E-state index in [1.165, 1.54) is 0 Å². The Morgan fingerprint density at radius 2 is 2.00 bits per heavy atom. The molecule has 0 fully saturated rings. The van der Waals surface area contributed by atoms with Gasteiger partial charge >= 0.3 is 0 Å². The summed E-state index contributed by atoms with van der Waals surface area (Å²) in [5.41, 5.74) is 3.16. The highest BCUT2D eigenvalue weighted by Gasteiger charge is 2.05. The van der Waals surface area contributed by atoms with Crippen LogP contribution in [0.2, 0.25) is 0 Å². The number of rotatable bonds is 8. The third-order valence-corrected chi connectivity index (χ3v) is 3.54. The van der Waals surface area contributed by atoms with Crippen LogP contribution in [0.25, 0.3) is 10.9 Å². The Labute approximate surface area is 133 Å². The van der Waals surface area contributed by atoms with Crippen molar-refractivity contribution in [2.24, 2.45) is 5.92 Å². The minimum atomic E-state index is 0.701. The van der Waals surface area contributed by atoms with Crippen molar-refractivity contribution in [3.63, 3.8) is 0 Å². The highest BCUT2D eigenvalue weighted by molar-refractivity contribution is 5.92. The van der Waals surface area contributed by atoms with Crippen molar-refractivity contribution >= 4 is 16.6 Å². The average Bonchev–Trinajstić information content (AvgIpc) is 2.49. The molecule has 4 nitrogen and oxygen atoms in total. The fraction of sp³-hybridized carbons (Fsp3) is 0.500. The van der Waals surface area contributed by atoms with Gasteiger partial charge in [0, 0.05) is 23.3 Å². The Kier molecular flexibility index (Phi) is 6.01. The second-order valence-electron chi connectivity index (χ2n) is 6.07. The van der Waals surface area contributed by atoms with Crippen molar-refractivity contribution in [1.82, 2.24) is 10.3 Å². The summed E-state index contributed by atoms with van der Waals surface area (Å²) < 4.78 is 5.32. The SMILES string of the molecule is COc1ccc2nc(C)cc(NCCCNCC(C)C)c2c1. The lowest BCUT2D eigenvalue weighted by Crippen LogP contribution is -2.22. The monoisotopic (exact) mass is 301 g/mol. The van der Waals surface area contributed by atoms with Crippen LogP contribution in [0.1, 0.15) is 26.0 Å². The van der Waals surface area contributed by atoms with Gasteiger partial charge in [-0.1, -0.05) is 13.8 Å². The van der Waals surface area contributed by atoms with Gasteiger partial charge in [0.1, 0.15) is 5.75 Å². The van der Waals surface area contributed by atoms with Gasteiger partial charge < -0.3 is 15.4 Å². The van der Waals surface area contributed by atoms with Crippen molar-refractivity contribution in [3.8, 4) is 5.75 Å². The first-order valence-electron chi connectivity index (χ1n) is 8.00. The molecule has 0 aliphatic carbocycles. The molecule has 2 rings (SSSR count). The molecule has 2 N–H and O–H groups in total. The summed E-state index contributed by atoms with van der Waals surface area (Å²) in [4.78, 5) is 4.58. The molecule has 1 aromatic heterocycles. The number of hydrogen-bond donors (Lipinski definition) is 2. The third kappa shape index (κ3) is 4.60. The normalized spacial score (nSPS) is 11.1. The Morgan fingerprint density at radius 3 is 2.73 bits per heavy atom. The van der Waals surface area contributed by atoms with Gasteiger partial charge in [-0.15, -0.1) is 0 Å². The number of pyridine rings is 1. The summed E-state index contributed by atoms with van der Waals surface area (Å²) >= 11 is 0. The number of methoxy groups -OCH3 is 1. The minimum absolute atomic E-state index is 0.701. The zero-order valence-electron chi connectivity index (χ0n) is 14.1. The molecular weight excluding hydrogens is 274 g/mol. The Bertz CT molecular complexity index is 611. The van der Waals surface area contributed by atoms with Crippen LogP contribution in [0.5, 0.6) is 5.75 Å². The van der Waals surface area contributed by atoms with Crippen LogP contribution in [0.3, 0.4) is 0 Å². The van der Waals surface area contributed by atoms with E-state index in [0.717, 1.165) is 54.1 Å². The summed E-state index contributed by atoms with van der Waals surface area (Å²) in [5.74, 6) is 1.56. The summed E-state index contributed by atoms with van der Waals surface area (Å²) in [7, 11) is 1.69. The molecule has 1 heterocycles. The Balaban J connectivity index is 2.00. The third-order valence-electron chi connectivity index (χ3n) is 3.54. The number of ether oxygens (including phenoxy) is 1. The van der Waals surface area contributed by atoms with Crippen molar-refractivity contribution in [3.05, 3.63) is 30.0 Å². The Hall–Kier alpha value is -1.81. The minimum Gasteiger partial charge on any atom is -0.497 e. The van der Waals surface area contributed by atoms with Crippen molar-refractivity contribution in [2.45, 2.75) is 27.2 Å². The highest BCUT2D eigenvalue weighted by Crippen LogP contribution is 2.27. The average molecular weight is 301 g/mol. The predicted octanol–water partition coefficient (Wildman–Crippen LogP) is 3.60. The van der Waals surface area contributed by atoms with E-state index in [-0.39, 0.29) is 0 Å². The molecule has 2 aromatic rings. The lowest BCUT2D eigenvalue weighted by Gasteiger charge is -2.12. The van der Waals surface area contributed by atoms with E-state index in [0.29, 0.717) is 5.92 Å². The molecular formula is C18H27N3O. The van der Waals surface area contributed by atoms with Crippen LogP contribution < -0.4 is 15.4 Å². The van der Waals surface area contributed by atoms with Crippen LogP contribution in [0.15, 0.2) is 24.3 Å². The summed E-state index contributed by atoms with van der Waals surface area (Å²) in [6.07, 6.45) is 1.10. The Morgan fingerprint density at radius 1 is 1.18 bits per heavy atom. The lowest BCUT2D eigenvalue weighted by atomic mass is 10.1. The van der Waals surface area contributed by atoms with Gasteiger partial charge in [0.25, 0.3) is 0 Å². The molecule has 22 heavy (non-hydrogen) atoms. The van der Waals surface area contributed by atoms with E-state index in [1.54, 1.807) is 7.11 Å². The summed E-state index contributed by atoms with van der Waals surface area (Å²) in [6.45, 7) is 9.54. The molecule has 0 aliphatic rings. The molecule has 0 saturated heterocycles. The topological polar surface area (TPSA) is 46.2 Å². The van der Waals surface area contributed by atoms with Gasteiger partial charge in [-0.25, -0.2) is 0 Å². The van der Waals surface area contributed by atoms with E-state index < -0.39 is 0 Å². The maximum Gasteiger partial charge on any atom is 0.119 e. The molecule has 1 aromatic carbocycles. The standard InChI is InChI=1S/C18H27N3O/c1-13(2)12-19-8-5-9-20-18-10-14(3)21-17-7-6-15(22-4)11-16(17)18/h6-7,10-11,13,19H,5,8-9,12H2,1-4H3,(H,20,21). The molecule has 0 atom stereocenters. The van der Waals surface area contributed by atoms with E-state index >= 15 is 0 Å². The fourth-order valence-electron chi connectivity index (χ4n) is 2.44. The summed E-state index contributed by atoms with van der Waals surface area (Å²) in [6, 6.07) is 8.11. The molecule has 0 radical (unpaired) electrons. The first-order valence-corrected chi connectivity index (χ1v) is 8.00. The predicted molar refractivity (Wildman–Crippen MR) is 93.8 cm³/mol. The van der Waals surface area contributed by atoms with Gasteiger partial charge in [-0.2, -0.15) is 0 Å².